The number of H-pyrrole nitrogens is 1. The molecule has 0 spiro atoms. The Morgan fingerprint density at radius 3 is 2.89 bits per heavy atom. The standard InChI is InChI=1S/C13H21N3O3/c1-8(14-6-11-7-18-4-5-19-11)12-9(2)15-10(3)16-13(12)17/h8,11,14H,4-7H2,1-3H3,(H,15,16,17). The molecule has 0 aromatic carbocycles. The Hall–Kier alpha value is -1.24. The van der Waals surface area contributed by atoms with Gasteiger partial charge in [-0.15, -0.1) is 0 Å². The minimum absolute atomic E-state index is 0.0500. The molecule has 0 radical (unpaired) electrons. The van der Waals surface area contributed by atoms with Crippen molar-refractivity contribution in [2.45, 2.75) is 32.9 Å². The maximum Gasteiger partial charge on any atom is 0.255 e. The lowest BCUT2D eigenvalue weighted by Gasteiger charge is -2.25. The van der Waals surface area contributed by atoms with Crippen LogP contribution in [0.25, 0.3) is 0 Å². The highest BCUT2D eigenvalue weighted by atomic mass is 16.6. The normalized spacial score (nSPS) is 21.3. The highest BCUT2D eigenvalue weighted by Gasteiger charge is 2.18. The van der Waals surface area contributed by atoms with E-state index in [1.54, 1.807) is 6.92 Å². The molecule has 1 fully saturated rings. The Balaban J connectivity index is 1.99. The first-order valence-corrected chi connectivity index (χ1v) is 6.58. The van der Waals surface area contributed by atoms with Crippen LogP contribution in [0.3, 0.4) is 0 Å². The van der Waals surface area contributed by atoms with Crippen LogP contribution in [-0.2, 0) is 9.47 Å². The van der Waals surface area contributed by atoms with Crippen molar-refractivity contribution in [2.75, 3.05) is 26.4 Å². The largest absolute Gasteiger partial charge is 0.376 e. The van der Waals surface area contributed by atoms with E-state index >= 15 is 0 Å². The van der Waals surface area contributed by atoms with E-state index in [1.807, 2.05) is 13.8 Å². The molecule has 1 aliphatic heterocycles. The van der Waals surface area contributed by atoms with Crippen molar-refractivity contribution in [3.8, 4) is 0 Å². The van der Waals surface area contributed by atoms with Gasteiger partial charge in [0, 0.05) is 18.3 Å². The summed E-state index contributed by atoms with van der Waals surface area (Å²) in [6.45, 7) is 8.14. The molecule has 19 heavy (non-hydrogen) atoms. The average molecular weight is 267 g/mol. The van der Waals surface area contributed by atoms with Gasteiger partial charge >= 0.3 is 0 Å². The predicted octanol–water partition coefficient (Wildman–Crippen LogP) is 0.453. The molecule has 2 rings (SSSR count). The summed E-state index contributed by atoms with van der Waals surface area (Å²) in [5, 5.41) is 3.30. The van der Waals surface area contributed by atoms with E-state index in [2.05, 4.69) is 15.3 Å². The first-order valence-electron chi connectivity index (χ1n) is 6.58. The highest BCUT2D eigenvalue weighted by Crippen LogP contribution is 2.11. The van der Waals surface area contributed by atoms with Gasteiger partial charge in [-0.1, -0.05) is 0 Å². The fraction of sp³-hybridized carbons (Fsp3) is 0.692. The summed E-state index contributed by atoms with van der Waals surface area (Å²) in [6.07, 6.45) is 0.0500. The molecule has 1 aromatic heterocycles. The Morgan fingerprint density at radius 1 is 1.47 bits per heavy atom. The zero-order chi connectivity index (χ0) is 13.8. The van der Waals surface area contributed by atoms with Crippen molar-refractivity contribution in [1.82, 2.24) is 15.3 Å². The van der Waals surface area contributed by atoms with Crippen LogP contribution in [-0.4, -0.2) is 42.4 Å². The SMILES string of the molecule is Cc1nc(C)c(C(C)NCC2COCCO2)c(=O)[nH]1. The van der Waals surface area contributed by atoms with Crippen LogP contribution < -0.4 is 10.9 Å². The number of rotatable bonds is 4. The summed E-state index contributed by atoms with van der Waals surface area (Å²) in [5.74, 6) is 0.641. The number of ether oxygens (including phenoxy) is 2. The molecule has 1 saturated heterocycles. The average Bonchev–Trinajstić information content (AvgIpc) is 2.36. The Morgan fingerprint density at radius 2 is 2.26 bits per heavy atom. The second kappa shape index (κ2) is 6.27. The number of nitrogens with zero attached hydrogens (tertiary/aromatic N) is 1. The van der Waals surface area contributed by atoms with Gasteiger partial charge in [0.25, 0.3) is 5.56 Å². The molecule has 0 aliphatic carbocycles. The van der Waals surface area contributed by atoms with Crippen LogP contribution in [0.15, 0.2) is 4.79 Å². The molecule has 6 nitrogen and oxygen atoms in total. The molecule has 0 saturated carbocycles. The van der Waals surface area contributed by atoms with E-state index in [9.17, 15) is 4.79 Å². The van der Waals surface area contributed by atoms with Gasteiger partial charge in [-0.3, -0.25) is 4.79 Å². The predicted molar refractivity (Wildman–Crippen MR) is 71.3 cm³/mol. The molecular weight excluding hydrogens is 246 g/mol. The van der Waals surface area contributed by atoms with Crippen LogP contribution in [0.4, 0.5) is 0 Å². The fourth-order valence-electron chi connectivity index (χ4n) is 2.31. The number of hydrogen-bond donors (Lipinski definition) is 2. The Labute approximate surface area is 112 Å². The zero-order valence-electron chi connectivity index (χ0n) is 11.7. The van der Waals surface area contributed by atoms with Crippen molar-refractivity contribution in [3.63, 3.8) is 0 Å². The lowest BCUT2D eigenvalue weighted by atomic mass is 10.1. The van der Waals surface area contributed by atoms with Gasteiger partial charge < -0.3 is 19.8 Å². The minimum Gasteiger partial charge on any atom is -0.376 e. The van der Waals surface area contributed by atoms with Crippen molar-refractivity contribution in [3.05, 3.63) is 27.4 Å². The topological polar surface area (TPSA) is 76.2 Å². The third-order valence-corrected chi connectivity index (χ3v) is 3.23. The minimum atomic E-state index is -0.0780. The van der Waals surface area contributed by atoms with Gasteiger partial charge in [0.05, 0.1) is 31.5 Å². The van der Waals surface area contributed by atoms with Crippen LogP contribution in [0.2, 0.25) is 0 Å². The van der Waals surface area contributed by atoms with Gasteiger partial charge in [0.2, 0.25) is 0 Å². The summed E-state index contributed by atoms with van der Waals surface area (Å²) in [6, 6.07) is -0.0672. The number of aromatic nitrogens is 2. The van der Waals surface area contributed by atoms with Gasteiger partial charge in [0.1, 0.15) is 5.82 Å². The van der Waals surface area contributed by atoms with Crippen molar-refractivity contribution in [1.29, 1.82) is 0 Å². The van der Waals surface area contributed by atoms with E-state index in [0.29, 0.717) is 37.8 Å². The van der Waals surface area contributed by atoms with Gasteiger partial charge in [-0.25, -0.2) is 4.98 Å². The molecule has 106 valence electrons. The maximum atomic E-state index is 12.0. The van der Waals surface area contributed by atoms with Crippen LogP contribution >= 0.6 is 0 Å². The third-order valence-electron chi connectivity index (χ3n) is 3.23. The molecule has 0 amide bonds. The summed E-state index contributed by atoms with van der Waals surface area (Å²) < 4.78 is 10.9. The number of hydrogen-bond acceptors (Lipinski definition) is 5. The molecule has 1 aromatic rings. The van der Waals surface area contributed by atoms with Gasteiger partial charge in [0.15, 0.2) is 0 Å². The molecule has 2 N–H and O–H groups in total. The van der Waals surface area contributed by atoms with Crippen molar-refractivity contribution >= 4 is 0 Å². The van der Waals surface area contributed by atoms with Crippen LogP contribution in [0.5, 0.6) is 0 Å². The molecule has 6 heteroatoms. The monoisotopic (exact) mass is 267 g/mol. The Bertz CT molecular complexity index is 481. The number of aromatic amines is 1. The van der Waals surface area contributed by atoms with Crippen LogP contribution in [0.1, 0.15) is 30.0 Å². The molecule has 0 bridgehead atoms. The molecule has 2 unspecified atom stereocenters. The lowest BCUT2D eigenvalue weighted by Crippen LogP contribution is -2.39. The second-order valence-electron chi connectivity index (χ2n) is 4.85. The maximum absolute atomic E-state index is 12.0. The first kappa shape index (κ1) is 14.2. The quantitative estimate of drug-likeness (QED) is 0.828. The molecule has 1 aliphatic rings. The van der Waals surface area contributed by atoms with Crippen molar-refractivity contribution in [2.24, 2.45) is 0 Å². The Kier molecular flexibility index (Phi) is 4.68. The summed E-state index contributed by atoms with van der Waals surface area (Å²) in [7, 11) is 0. The number of aryl methyl sites for hydroxylation is 2. The fourth-order valence-corrected chi connectivity index (χ4v) is 2.31. The third kappa shape index (κ3) is 3.62. The van der Waals surface area contributed by atoms with E-state index in [1.165, 1.54) is 0 Å². The van der Waals surface area contributed by atoms with E-state index in [-0.39, 0.29) is 17.7 Å². The van der Waals surface area contributed by atoms with Gasteiger partial charge in [-0.05, 0) is 20.8 Å². The summed E-state index contributed by atoms with van der Waals surface area (Å²) in [4.78, 5) is 19.0. The summed E-state index contributed by atoms with van der Waals surface area (Å²) >= 11 is 0. The zero-order valence-corrected chi connectivity index (χ0v) is 11.7. The molecular formula is C13H21N3O3. The van der Waals surface area contributed by atoms with Crippen molar-refractivity contribution < 1.29 is 9.47 Å². The highest BCUT2D eigenvalue weighted by molar-refractivity contribution is 5.19. The number of nitrogens with one attached hydrogen (secondary N) is 2. The smallest absolute Gasteiger partial charge is 0.255 e. The molecule has 2 heterocycles. The van der Waals surface area contributed by atoms with E-state index in [0.717, 1.165) is 5.69 Å². The van der Waals surface area contributed by atoms with E-state index in [4.69, 9.17) is 9.47 Å². The lowest BCUT2D eigenvalue weighted by molar-refractivity contribution is -0.0870. The second-order valence-corrected chi connectivity index (χ2v) is 4.85. The van der Waals surface area contributed by atoms with E-state index < -0.39 is 0 Å². The first-order chi connectivity index (χ1) is 9.08. The molecule has 2 atom stereocenters. The van der Waals surface area contributed by atoms with Crippen LogP contribution in [0, 0.1) is 13.8 Å². The van der Waals surface area contributed by atoms with Gasteiger partial charge in [-0.2, -0.15) is 0 Å². The summed E-state index contributed by atoms with van der Waals surface area (Å²) in [5.41, 5.74) is 1.37.